The molecule has 0 bridgehead atoms. The van der Waals surface area contributed by atoms with Gasteiger partial charge in [-0.15, -0.1) is 0 Å². The number of nitro groups is 1. The van der Waals surface area contributed by atoms with Crippen molar-refractivity contribution >= 4 is 5.97 Å². The Bertz CT molecular complexity index is 319. The molecule has 0 saturated carbocycles. The lowest BCUT2D eigenvalue weighted by molar-refractivity contribution is -0.501. The van der Waals surface area contributed by atoms with Crippen molar-refractivity contribution in [3.63, 3.8) is 0 Å². The fraction of sp³-hybridized carbons (Fsp3) is 0.889. The maximum absolute atomic E-state index is 11.5. The molecule has 1 heterocycles. The van der Waals surface area contributed by atoms with E-state index in [1.54, 1.807) is 0 Å². The first kappa shape index (κ1) is 12.9. The van der Waals surface area contributed by atoms with Crippen molar-refractivity contribution in [1.29, 1.82) is 0 Å². The molecule has 1 rings (SSSR count). The van der Waals surface area contributed by atoms with Gasteiger partial charge in [-0.2, -0.15) is 0 Å². The minimum absolute atomic E-state index is 0.0504. The van der Waals surface area contributed by atoms with Crippen LogP contribution in [0.15, 0.2) is 0 Å². The highest BCUT2D eigenvalue weighted by atomic mass is 16.7. The Kier molecular flexibility index (Phi) is 3.20. The number of carbonyl (C=O) groups is 1. The van der Waals surface area contributed by atoms with Crippen molar-refractivity contribution in [3.05, 3.63) is 10.1 Å². The van der Waals surface area contributed by atoms with Crippen LogP contribution in [0.3, 0.4) is 0 Å². The molecule has 1 aliphatic heterocycles. The number of hydrogen-bond donors (Lipinski definition) is 1. The molecular weight excluding hydrogens is 218 g/mol. The standard InChI is InChI=1S/C9H15NO6/c1-8(5-10(13)14)4-9(2,6(11)15-3)7(12)16-8/h7,12H,4-5H2,1-3H3/t7?,8-,9?/m1/s1. The summed E-state index contributed by atoms with van der Waals surface area (Å²) in [6.07, 6.45) is -1.33. The molecule has 7 heteroatoms. The molecule has 0 aromatic rings. The summed E-state index contributed by atoms with van der Waals surface area (Å²) in [4.78, 5) is 21.4. The van der Waals surface area contributed by atoms with E-state index in [1.807, 2.05) is 0 Å². The van der Waals surface area contributed by atoms with E-state index in [2.05, 4.69) is 4.74 Å². The van der Waals surface area contributed by atoms with E-state index in [4.69, 9.17) is 4.74 Å². The van der Waals surface area contributed by atoms with Gasteiger partial charge in [0.05, 0.1) is 7.11 Å². The van der Waals surface area contributed by atoms with Crippen molar-refractivity contribution < 1.29 is 24.3 Å². The van der Waals surface area contributed by atoms with Gasteiger partial charge >= 0.3 is 5.97 Å². The van der Waals surface area contributed by atoms with Crippen LogP contribution in [0.25, 0.3) is 0 Å². The predicted molar refractivity (Wildman–Crippen MR) is 52.1 cm³/mol. The lowest BCUT2D eigenvalue weighted by atomic mass is 9.82. The van der Waals surface area contributed by atoms with E-state index in [9.17, 15) is 20.0 Å². The molecule has 2 unspecified atom stereocenters. The van der Waals surface area contributed by atoms with Gasteiger partial charge in [0.1, 0.15) is 11.0 Å². The fourth-order valence-electron chi connectivity index (χ4n) is 2.08. The first-order valence-corrected chi connectivity index (χ1v) is 4.80. The number of ether oxygens (including phenoxy) is 2. The van der Waals surface area contributed by atoms with Crippen LogP contribution in [-0.2, 0) is 14.3 Å². The van der Waals surface area contributed by atoms with Gasteiger partial charge in [-0.05, 0) is 13.8 Å². The lowest BCUT2D eigenvalue weighted by Gasteiger charge is -2.22. The average Bonchev–Trinajstić information content (AvgIpc) is 2.35. The number of aliphatic hydroxyl groups is 1. The van der Waals surface area contributed by atoms with Gasteiger partial charge in [-0.1, -0.05) is 0 Å². The zero-order chi connectivity index (χ0) is 12.6. The van der Waals surface area contributed by atoms with E-state index < -0.39 is 34.7 Å². The van der Waals surface area contributed by atoms with Crippen LogP contribution in [0.2, 0.25) is 0 Å². The minimum atomic E-state index is -1.38. The zero-order valence-electron chi connectivity index (χ0n) is 9.43. The highest BCUT2D eigenvalue weighted by molar-refractivity contribution is 5.77. The molecule has 0 aliphatic carbocycles. The molecule has 7 nitrogen and oxygen atoms in total. The first-order valence-electron chi connectivity index (χ1n) is 4.80. The molecule has 0 amide bonds. The maximum Gasteiger partial charge on any atom is 0.316 e. The van der Waals surface area contributed by atoms with Crippen molar-refractivity contribution in [1.82, 2.24) is 0 Å². The largest absolute Gasteiger partial charge is 0.468 e. The van der Waals surface area contributed by atoms with E-state index >= 15 is 0 Å². The summed E-state index contributed by atoms with van der Waals surface area (Å²) in [5.74, 6) is -0.632. The normalized spacial score (nSPS) is 38.4. The van der Waals surface area contributed by atoms with Crippen LogP contribution < -0.4 is 0 Å². The minimum Gasteiger partial charge on any atom is -0.468 e. The summed E-state index contributed by atoms with van der Waals surface area (Å²) >= 11 is 0. The van der Waals surface area contributed by atoms with Crippen LogP contribution in [0.4, 0.5) is 0 Å². The third-order valence-corrected chi connectivity index (χ3v) is 2.80. The van der Waals surface area contributed by atoms with E-state index in [1.165, 1.54) is 21.0 Å². The smallest absolute Gasteiger partial charge is 0.316 e. The molecule has 92 valence electrons. The van der Waals surface area contributed by atoms with Crippen molar-refractivity contribution in [2.45, 2.75) is 32.2 Å². The van der Waals surface area contributed by atoms with Crippen molar-refractivity contribution in [3.8, 4) is 0 Å². The second kappa shape index (κ2) is 3.99. The van der Waals surface area contributed by atoms with E-state index in [0.717, 1.165) is 0 Å². The molecular formula is C9H15NO6. The fourth-order valence-corrected chi connectivity index (χ4v) is 2.08. The molecule has 0 aromatic carbocycles. The second-order valence-corrected chi connectivity index (χ2v) is 4.50. The molecule has 1 N–H and O–H groups in total. The Morgan fingerprint density at radius 3 is 2.69 bits per heavy atom. The number of aliphatic hydroxyl groups excluding tert-OH is 1. The quantitative estimate of drug-likeness (QED) is 0.416. The Hall–Kier alpha value is -1.21. The number of nitrogens with zero attached hydrogens (tertiary/aromatic N) is 1. The summed E-state index contributed by atoms with van der Waals surface area (Å²) in [7, 11) is 1.20. The predicted octanol–water partition coefficient (Wildman–Crippen LogP) is -0.0602. The topological polar surface area (TPSA) is 98.9 Å². The molecule has 16 heavy (non-hydrogen) atoms. The van der Waals surface area contributed by atoms with Gasteiger partial charge < -0.3 is 14.6 Å². The molecule has 0 spiro atoms. The summed E-state index contributed by atoms with van der Waals surface area (Å²) in [6.45, 7) is 2.50. The maximum atomic E-state index is 11.5. The third kappa shape index (κ3) is 2.14. The number of carbonyl (C=O) groups excluding carboxylic acids is 1. The third-order valence-electron chi connectivity index (χ3n) is 2.80. The van der Waals surface area contributed by atoms with E-state index in [-0.39, 0.29) is 6.42 Å². The van der Waals surface area contributed by atoms with Gasteiger partial charge in [-0.3, -0.25) is 14.9 Å². The molecule has 0 radical (unpaired) electrons. The number of methoxy groups -OCH3 is 1. The Balaban J connectivity index is 2.88. The van der Waals surface area contributed by atoms with Crippen LogP contribution in [-0.4, -0.2) is 41.5 Å². The summed E-state index contributed by atoms with van der Waals surface area (Å²) in [5.41, 5.74) is -2.40. The molecule has 3 atom stereocenters. The van der Waals surface area contributed by atoms with Gasteiger partial charge in [0.25, 0.3) is 0 Å². The van der Waals surface area contributed by atoms with Crippen LogP contribution in [0, 0.1) is 15.5 Å². The summed E-state index contributed by atoms with van der Waals surface area (Å²) < 4.78 is 9.67. The Morgan fingerprint density at radius 2 is 2.25 bits per heavy atom. The van der Waals surface area contributed by atoms with Gasteiger partial charge in [0.2, 0.25) is 6.54 Å². The molecule has 1 fully saturated rings. The Morgan fingerprint density at radius 1 is 1.69 bits per heavy atom. The molecule has 0 aromatic heterocycles. The number of esters is 1. The highest BCUT2D eigenvalue weighted by Crippen LogP contribution is 2.44. The summed E-state index contributed by atoms with van der Waals surface area (Å²) in [5, 5.41) is 20.1. The zero-order valence-corrected chi connectivity index (χ0v) is 9.43. The van der Waals surface area contributed by atoms with E-state index in [0.29, 0.717) is 0 Å². The van der Waals surface area contributed by atoms with Crippen LogP contribution >= 0.6 is 0 Å². The van der Waals surface area contributed by atoms with Gasteiger partial charge in [0.15, 0.2) is 6.29 Å². The van der Waals surface area contributed by atoms with Crippen LogP contribution in [0.1, 0.15) is 20.3 Å². The second-order valence-electron chi connectivity index (χ2n) is 4.50. The monoisotopic (exact) mass is 233 g/mol. The lowest BCUT2D eigenvalue weighted by Crippen LogP contribution is -2.37. The molecule has 1 aliphatic rings. The summed E-state index contributed by atoms with van der Waals surface area (Å²) in [6, 6.07) is 0. The molecule has 1 saturated heterocycles. The van der Waals surface area contributed by atoms with Gasteiger partial charge in [-0.25, -0.2) is 0 Å². The van der Waals surface area contributed by atoms with Crippen molar-refractivity contribution in [2.24, 2.45) is 5.41 Å². The van der Waals surface area contributed by atoms with Gasteiger partial charge in [0, 0.05) is 11.3 Å². The number of hydrogen-bond acceptors (Lipinski definition) is 6. The van der Waals surface area contributed by atoms with Crippen molar-refractivity contribution in [2.75, 3.05) is 13.7 Å². The highest BCUT2D eigenvalue weighted by Gasteiger charge is 2.57. The Labute approximate surface area is 92.5 Å². The first-order chi connectivity index (χ1) is 7.23. The van der Waals surface area contributed by atoms with Crippen LogP contribution in [0.5, 0.6) is 0 Å². The SMILES string of the molecule is COC(=O)C1(C)C[C@](C)(C[N+](=O)[O-])OC1O. The average molecular weight is 233 g/mol. The number of rotatable bonds is 3.